The van der Waals surface area contributed by atoms with E-state index in [1.165, 1.54) is 7.11 Å². The number of carbonyl (C=O) groups excluding carboxylic acids is 1. The minimum atomic E-state index is -0.661. The highest BCUT2D eigenvalue weighted by molar-refractivity contribution is 5.70. The van der Waals surface area contributed by atoms with E-state index in [0.717, 1.165) is 11.1 Å². The molecule has 1 unspecified atom stereocenters. The van der Waals surface area contributed by atoms with Gasteiger partial charge >= 0.3 is 5.97 Å². The second-order valence-electron chi connectivity index (χ2n) is 6.80. The van der Waals surface area contributed by atoms with Crippen LogP contribution >= 0.6 is 0 Å². The summed E-state index contributed by atoms with van der Waals surface area (Å²) in [6.07, 6.45) is -0.179. The first-order valence-corrected chi connectivity index (χ1v) is 7.94. The molecule has 1 N–H and O–H groups in total. The predicted molar refractivity (Wildman–Crippen MR) is 88.7 cm³/mol. The fourth-order valence-electron chi connectivity index (χ4n) is 3.31. The summed E-state index contributed by atoms with van der Waals surface area (Å²) in [6.45, 7) is 8.48. The number of benzene rings is 1. The van der Waals surface area contributed by atoms with Crippen LogP contribution in [-0.4, -0.2) is 30.4 Å². The maximum atomic E-state index is 11.6. The normalized spacial score (nSPS) is 26.8. The summed E-state index contributed by atoms with van der Waals surface area (Å²) in [7, 11) is 1.38. The fraction of sp³-hybridized carbons (Fsp3) is 0.526. The van der Waals surface area contributed by atoms with Crippen LogP contribution in [0.3, 0.4) is 0 Å². The van der Waals surface area contributed by atoms with Gasteiger partial charge in [0.2, 0.25) is 0 Å². The van der Waals surface area contributed by atoms with Gasteiger partial charge in [-0.15, -0.1) is 0 Å². The van der Waals surface area contributed by atoms with Gasteiger partial charge in [0.25, 0.3) is 0 Å². The van der Waals surface area contributed by atoms with E-state index in [1.807, 2.05) is 44.2 Å². The molecular weight excluding hydrogens is 292 g/mol. The van der Waals surface area contributed by atoms with E-state index >= 15 is 0 Å². The Bertz CT molecular complexity index is 550. The molecular formula is C19H26O4. The third-order valence-corrected chi connectivity index (χ3v) is 4.87. The lowest BCUT2D eigenvalue weighted by atomic mass is 9.63. The lowest BCUT2D eigenvalue weighted by Gasteiger charge is -2.47. The molecule has 1 aromatic rings. The molecule has 126 valence electrons. The van der Waals surface area contributed by atoms with Gasteiger partial charge < -0.3 is 14.6 Å². The number of rotatable bonds is 5. The van der Waals surface area contributed by atoms with Crippen LogP contribution in [0.5, 0.6) is 0 Å². The van der Waals surface area contributed by atoms with E-state index in [4.69, 9.17) is 9.47 Å². The summed E-state index contributed by atoms with van der Waals surface area (Å²) in [5.41, 5.74) is 1.51. The second kappa shape index (κ2) is 7.28. The fourth-order valence-corrected chi connectivity index (χ4v) is 3.31. The van der Waals surface area contributed by atoms with E-state index in [2.05, 4.69) is 6.58 Å². The second-order valence-corrected chi connectivity index (χ2v) is 6.80. The Morgan fingerprint density at radius 2 is 2.00 bits per heavy atom. The van der Waals surface area contributed by atoms with Crippen molar-refractivity contribution < 1.29 is 19.4 Å². The number of aliphatic hydroxyl groups excluding tert-OH is 1. The van der Waals surface area contributed by atoms with Crippen LogP contribution in [0.1, 0.15) is 32.3 Å². The average Bonchev–Trinajstić information content (AvgIpc) is 2.54. The van der Waals surface area contributed by atoms with Gasteiger partial charge in [0, 0.05) is 5.41 Å². The van der Waals surface area contributed by atoms with E-state index in [9.17, 15) is 9.90 Å². The van der Waals surface area contributed by atoms with Gasteiger partial charge in [0.1, 0.15) is 0 Å². The lowest BCUT2D eigenvalue weighted by molar-refractivity contribution is -0.149. The Morgan fingerprint density at radius 3 is 2.61 bits per heavy atom. The minimum Gasteiger partial charge on any atom is -0.469 e. The molecule has 1 aromatic carbocycles. The molecule has 3 atom stereocenters. The number of aliphatic hydroxyl groups is 1. The number of carbonyl (C=O) groups is 1. The molecule has 0 bridgehead atoms. The molecule has 23 heavy (non-hydrogen) atoms. The zero-order chi connectivity index (χ0) is 17.0. The Morgan fingerprint density at radius 1 is 1.35 bits per heavy atom. The molecule has 0 spiro atoms. The van der Waals surface area contributed by atoms with Crippen LogP contribution in [0.2, 0.25) is 0 Å². The molecule has 0 heterocycles. The van der Waals surface area contributed by atoms with Crippen molar-refractivity contribution in [2.75, 3.05) is 7.11 Å². The summed E-state index contributed by atoms with van der Waals surface area (Å²) in [5.74, 6) is -0.387. The van der Waals surface area contributed by atoms with Crippen molar-refractivity contribution in [3.05, 3.63) is 48.0 Å². The van der Waals surface area contributed by atoms with Gasteiger partial charge in [-0.25, -0.2) is 0 Å². The number of methoxy groups -OCH3 is 1. The largest absolute Gasteiger partial charge is 0.469 e. The van der Waals surface area contributed by atoms with Crippen molar-refractivity contribution in [3.63, 3.8) is 0 Å². The van der Waals surface area contributed by atoms with Crippen LogP contribution in [0, 0.1) is 11.3 Å². The zero-order valence-corrected chi connectivity index (χ0v) is 14.1. The van der Waals surface area contributed by atoms with Gasteiger partial charge in [-0.05, 0) is 17.9 Å². The minimum absolute atomic E-state index is 0.110. The highest BCUT2D eigenvalue weighted by atomic mass is 16.5. The number of ether oxygens (including phenoxy) is 2. The molecule has 0 saturated heterocycles. The van der Waals surface area contributed by atoms with E-state index < -0.39 is 11.5 Å². The zero-order valence-electron chi connectivity index (χ0n) is 14.1. The summed E-state index contributed by atoms with van der Waals surface area (Å²) in [6, 6.07) is 9.88. The maximum Gasteiger partial charge on any atom is 0.306 e. The first-order chi connectivity index (χ1) is 10.9. The third kappa shape index (κ3) is 4.01. The Balaban J connectivity index is 2.05. The van der Waals surface area contributed by atoms with Gasteiger partial charge in [0.05, 0.1) is 32.3 Å². The van der Waals surface area contributed by atoms with Crippen LogP contribution in [0.15, 0.2) is 42.5 Å². The summed E-state index contributed by atoms with van der Waals surface area (Å²) < 4.78 is 10.7. The SMILES string of the molecule is C=C1CC(OCc2ccccc2)[C@H](O)C(C)(C)[C@H]1CC(=O)OC. The monoisotopic (exact) mass is 318 g/mol. The van der Waals surface area contributed by atoms with Gasteiger partial charge in [0.15, 0.2) is 0 Å². The van der Waals surface area contributed by atoms with Crippen molar-refractivity contribution in [2.24, 2.45) is 11.3 Å². The highest BCUT2D eigenvalue weighted by Crippen LogP contribution is 2.46. The molecule has 0 radical (unpaired) electrons. The van der Waals surface area contributed by atoms with Crippen LogP contribution in [-0.2, 0) is 20.9 Å². The lowest BCUT2D eigenvalue weighted by Crippen LogP contribution is -2.51. The first-order valence-electron chi connectivity index (χ1n) is 7.94. The Kier molecular flexibility index (Phi) is 5.60. The summed E-state index contributed by atoms with van der Waals surface area (Å²) >= 11 is 0. The molecule has 0 amide bonds. The highest BCUT2D eigenvalue weighted by Gasteiger charge is 2.47. The summed E-state index contributed by atoms with van der Waals surface area (Å²) in [5, 5.41) is 10.7. The van der Waals surface area contributed by atoms with Crippen molar-refractivity contribution in [3.8, 4) is 0 Å². The van der Waals surface area contributed by atoms with Crippen molar-refractivity contribution in [1.82, 2.24) is 0 Å². The number of hydrogen-bond acceptors (Lipinski definition) is 4. The Hall–Kier alpha value is -1.65. The smallest absolute Gasteiger partial charge is 0.306 e. The predicted octanol–water partition coefficient (Wildman–Crippen LogP) is 3.10. The van der Waals surface area contributed by atoms with Crippen molar-refractivity contribution >= 4 is 5.97 Å². The van der Waals surface area contributed by atoms with E-state index in [0.29, 0.717) is 13.0 Å². The molecule has 1 aliphatic rings. The van der Waals surface area contributed by atoms with Crippen molar-refractivity contribution in [2.45, 2.75) is 45.5 Å². The maximum absolute atomic E-state index is 11.6. The molecule has 0 aliphatic heterocycles. The molecule has 4 heteroatoms. The number of hydrogen-bond donors (Lipinski definition) is 1. The van der Waals surface area contributed by atoms with Crippen LogP contribution in [0.4, 0.5) is 0 Å². The molecule has 1 saturated carbocycles. The van der Waals surface area contributed by atoms with Gasteiger partial charge in [-0.1, -0.05) is 56.3 Å². The number of esters is 1. The Labute approximate surface area is 138 Å². The first kappa shape index (κ1) is 17.7. The molecule has 1 fully saturated rings. The van der Waals surface area contributed by atoms with Crippen molar-refractivity contribution in [1.29, 1.82) is 0 Å². The topological polar surface area (TPSA) is 55.8 Å². The van der Waals surface area contributed by atoms with Crippen LogP contribution < -0.4 is 0 Å². The van der Waals surface area contributed by atoms with Gasteiger partial charge in [-0.3, -0.25) is 4.79 Å². The third-order valence-electron chi connectivity index (χ3n) is 4.87. The molecule has 1 aliphatic carbocycles. The molecule has 4 nitrogen and oxygen atoms in total. The molecule has 0 aromatic heterocycles. The van der Waals surface area contributed by atoms with E-state index in [1.54, 1.807) is 0 Å². The van der Waals surface area contributed by atoms with E-state index in [-0.39, 0.29) is 24.4 Å². The van der Waals surface area contributed by atoms with Crippen LogP contribution in [0.25, 0.3) is 0 Å². The van der Waals surface area contributed by atoms with Gasteiger partial charge in [-0.2, -0.15) is 0 Å². The average molecular weight is 318 g/mol. The molecule has 2 rings (SSSR count). The standard InChI is InChI=1S/C19H26O4/c1-13-10-16(23-12-14-8-6-5-7-9-14)18(21)19(2,3)15(13)11-17(20)22-4/h5-9,15-16,18,21H,1,10-12H2,2-4H3/t15-,16?,18-/m0/s1. The summed E-state index contributed by atoms with van der Waals surface area (Å²) in [4.78, 5) is 11.6. The quantitative estimate of drug-likeness (QED) is 0.669.